The largest absolute Gasteiger partial charge is 0.350 e. The fraction of sp³-hybridized carbons (Fsp3) is 1.00. The predicted molar refractivity (Wildman–Crippen MR) is 98.9 cm³/mol. The molecular weight excluding hydrogens is 311 g/mol. The molecule has 0 aliphatic carbocycles. The molecule has 0 atom stereocenters. The van der Waals surface area contributed by atoms with Crippen LogP contribution in [0.4, 0.5) is 0 Å². The van der Waals surface area contributed by atoms with E-state index in [2.05, 4.69) is 13.8 Å². The zero-order valence-electron chi connectivity index (χ0n) is 12.6. The summed E-state index contributed by atoms with van der Waals surface area (Å²) < 4.78 is -2.14. The molecule has 1 N–H and O–H groups in total. The summed E-state index contributed by atoms with van der Waals surface area (Å²) in [7, 11) is 0. The van der Waals surface area contributed by atoms with E-state index < -0.39 is 4.67 Å². The van der Waals surface area contributed by atoms with Crippen LogP contribution in [-0.2, 0) is 11.8 Å². The Labute approximate surface area is 133 Å². The molecule has 0 aromatic heterocycles. The first-order chi connectivity index (χ1) is 9.12. The van der Waals surface area contributed by atoms with Gasteiger partial charge in [0.05, 0.1) is 0 Å². The molecule has 0 saturated carbocycles. The molecule has 19 heavy (non-hydrogen) atoms. The van der Waals surface area contributed by atoms with Crippen LogP contribution in [0, 0.1) is 0 Å². The van der Waals surface area contributed by atoms with E-state index >= 15 is 0 Å². The normalized spacial score (nSPS) is 11.9. The van der Waals surface area contributed by atoms with Crippen LogP contribution < -0.4 is 0 Å². The summed E-state index contributed by atoms with van der Waals surface area (Å²) in [5.74, 6) is 2.08. The summed E-state index contributed by atoms with van der Waals surface area (Å²) in [6, 6.07) is 0. The Hall–Kier alpha value is 1.31. The standard InChI is InChI=1S/C14H31OPS3/c1-3-5-7-9-11-13-18-16(15,17)19-14-12-10-8-6-4-2/h3-14H2,1-2H3,(H,15,17). The average molecular weight is 343 g/mol. The van der Waals surface area contributed by atoms with Crippen molar-refractivity contribution in [1.82, 2.24) is 0 Å². The smallest absolute Gasteiger partial charge is 0.172 e. The van der Waals surface area contributed by atoms with Gasteiger partial charge in [-0.05, 0) is 24.6 Å². The van der Waals surface area contributed by atoms with E-state index in [9.17, 15) is 4.89 Å². The third-order valence-electron chi connectivity index (χ3n) is 3.00. The van der Waals surface area contributed by atoms with Gasteiger partial charge in [0.15, 0.2) is 4.67 Å². The molecule has 0 fully saturated rings. The molecule has 0 amide bonds. The van der Waals surface area contributed by atoms with E-state index in [0.717, 1.165) is 11.5 Å². The highest BCUT2D eigenvalue weighted by Crippen LogP contribution is 2.66. The zero-order valence-corrected chi connectivity index (χ0v) is 15.9. The lowest BCUT2D eigenvalue weighted by Gasteiger charge is -2.13. The molecule has 0 radical (unpaired) electrons. The first-order valence-corrected chi connectivity index (χ1v) is 13.7. The van der Waals surface area contributed by atoms with Crippen molar-refractivity contribution in [1.29, 1.82) is 0 Å². The fourth-order valence-electron chi connectivity index (χ4n) is 1.81. The lowest BCUT2D eigenvalue weighted by Crippen LogP contribution is -1.84. The van der Waals surface area contributed by atoms with E-state index in [4.69, 9.17) is 11.8 Å². The Morgan fingerprint density at radius 2 is 1.11 bits per heavy atom. The van der Waals surface area contributed by atoms with E-state index in [-0.39, 0.29) is 0 Å². The lowest BCUT2D eigenvalue weighted by molar-refractivity contribution is 0.650. The van der Waals surface area contributed by atoms with Gasteiger partial charge in [-0.25, -0.2) is 0 Å². The summed E-state index contributed by atoms with van der Waals surface area (Å²) in [5.41, 5.74) is 0. The van der Waals surface area contributed by atoms with Gasteiger partial charge in [-0.15, -0.1) is 0 Å². The molecule has 1 nitrogen and oxygen atoms in total. The molecule has 0 unspecified atom stereocenters. The van der Waals surface area contributed by atoms with Crippen molar-refractivity contribution in [2.24, 2.45) is 0 Å². The molecule has 0 rings (SSSR count). The minimum absolute atomic E-state index is 1.04. The van der Waals surface area contributed by atoms with Crippen LogP contribution in [0.25, 0.3) is 0 Å². The summed E-state index contributed by atoms with van der Waals surface area (Å²) in [6.07, 6.45) is 12.9. The van der Waals surface area contributed by atoms with Crippen LogP contribution in [0.5, 0.6) is 0 Å². The maximum atomic E-state index is 10.2. The molecule has 0 aliphatic heterocycles. The molecule has 0 spiro atoms. The van der Waals surface area contributed by atoms with Gasteiger partial charge in [-0.3, -0.25) is 0 Å². The second-order valence-corrected chi connectivity index (χ2v) is 15.6. The first kappa shape index (κ1) is 20.3. The van der Waals surface area contributed by atoms with Gasteiger partial charge < -0.3 is 4.89 Å². The van der Waals surface area contributed by atoms with Gasteiger partial charge >= 0.3 is 0 Å². The quantitative estimate of drug-likeness (QED) is 0.283. The first-order valence-electron chi connectivity index (χ1n) is 7.74. The van der Waals surface area contributed by atoms with Crippen molar-refractivity contribution in [2.45, 2.75) is 78.1 Å². The number of hydrogen-bond donors (Lipinski definition) is 1. The minimum Gasteiger partial charge on any atom is -0.350 e. The molecule has 0 aliphatic rings. The maximum absolute atomic E-state index is 10.2. The van der Waals surface area contributed by atoms with Gasteiger partial charge in [-0.2, -0.15) is 0 Å². The highest BCUT2D eigenvalue weighted by Gasteiger charge is 2.13. The van der Waals surface area contributed by atoms with Crippen molar-refractivity contribution in [3.63, 3.8) is 0 Å². The van der Waals surface area contributed by atoms with Crippen molar-refractivity contribution in [3.8, 4) is 0 Å². The average Bonchev–Trinajstić information content (AvgIpc) is 2.38. The minimum atomic E-state index is -2.14. The third kappa shape index (κ3) is 15.5. The molecule has 0 heterocycles. The maximum Gasteiger partial charge on any atom is 0.172 e. The summed E-state index contributed by atoms with van der Waals surface area (Å²) >= 11 is 8.64. The van der Waals surface area contributed by atoms with Gasteiger partial charge in [0.25, 0.3) is 0 Å². The molecular formula is C14H31OPS3. The van der Waals surface area contributed by atoms with Gasteiger partial charge in [0.1, 0.15) is 0 Å². The van der Waals surface area contributed by atoms with E-state index in [1.807, 2.05) is 0 Å². The van der Waals surface area contributed by atoms with E-state index in [1.165, 1.54) is 64.2 Å². The van der Waals surface area contributed by atoms with E-state index in [1.54, 1.807) is 22.8 Å². The molecule has 0 aromatic rings. The second kappa shape index (κ2) is 14.3. The Kier molecular flexibility index (Phi) is 15.2. The van der Waals surface area contributed by atoms with Crippen LogP contribution in [0.3, 0.4) is 0 Å². The number of hydrogen-bond acceptors (Lipinski definition) is 3. The van der Waals surface area contributed by atoms with Crippen molar-refractivity contribution < 1.29 is 4.89 Å². The number of unbranched alkanes of at least 4 members (excludes halogenated alkanes) is 8. The topological polar surface area (TPSA) is 20.2 Å². The van der Waals surface area contributed by atoms with Gasteiger partial charge in [0, 0.05) is 11.5 Å². The molecule has 116 valence electrons. The van der Waals surface area contributed by atoms with Gasteiger partial charge in [0.2, 0.25) is 0 Å². The molecule has 0 bridgehead atoms. The van der Waals surface area contributed by atoms with Crippen LogP contribution in [-0.4, -0.2) is 16.4 Å². The SMILES string of the molecule is CCCCCCCSP(O)(=S)SCCCCCCC. The summed E-state index contributed by atoms with van der Waals surface area (Å²) in [4.78, 5) is 10.2. The lowest BCUT2D eigenvalue weighted by atomic mass is 10.2. The summed E-state index contributed by atoms with van der Waals surface area (Å²) in [6.45, 7) is 4.47. The Bertz CT molecular complexity index is 217. The number of rotatable bonds is 14. The van der Waals surface area contributed by atoms with Crippen LogP contribution in [0.2, 0.25) is 0 Å². The third-order valence-corrected chi connectivity index (χ3v) is 11.4. The second-order valence-electron chi connectivity index (χ2n) is 4.96. The van der Waals surface area contributed by atoms with Gasteiger partial charge in [-0.1, -0.05) is 88.0 Å². The summed E-state index contributed by atoms with van der Waals surface area (Å²) in [5, 5.41) is 0. The predicted octanol–water partition coefficient (Wildman–Crippen LogP) is 6.61. The Morgan fingerprint density at radius 1 is 0.737 bits per heavy atom. The highest BCUT2D eigenvalue weighted by molar-refractivity contribution is 8.98. The van der Waals surface area contributed by atoms with Crippen molar-refractivity contribution in [3.05, 3.63) is 0 Å². The highest BCUT2D eigenvalue weighted by atomic mass is 33.2. The van der Waals surface area contributed by atoms with Crippen LogP contribution in [0.15, 0.2) is 0 Å². The van der Waals surface area contributed by atoms with Crippen molar-refractivity contribution >= 4 is 39.2 Å². The molecule has 5 heteroatoms. The van der Waals surface area contributed by atoms with Crippen molar-refractivity contribution in [2.75, 3.05) is 11.5 Å². The monoisotopic (exact) mass is 342 g/mol. The Balaban J connectivity index is 3.39. The Morgan fingerprint density at radius 3 is 1.47 bits per heavy atom. The fourth-order valence-corrected chi connectivity index (χ4v) is 8.75. The van der Waals surface area contributed by atoms with Crippen LogP contribution >= 0.6 is 27.4 Å². The molecule has 0 saturated heterocycles. The zero-order chi connectivity index (χ0) is 14.4. The van der Waals surface area contributed by atoms with Crippen LogP contribution in [0.1, 0.15) is 78.1 Å². The van der Waals surface area contributed by atoms with E-state index in [0.29, 0.717) is 0 Å². The molecule has 0 aromatic carbocycles.